The monoisotopic (exact) mass is 367 g/mol. The molecule has 2 aromatic rings. The number of benzene rings is 2. The molecule has 1 fully saturated rings. The molecule has 4 rings (SSSR count). The maximum Gasteiger partial charge on any atom is 0.257 e. The SMILES string of the molecule is CC1CN(c2ccc(NC=C3C(=O)Nc4ccccc43)cc2F)CC(C)O1. The quantitative estimate of drug-likeness (QED) is 0.810. The van der Waals surface area contributed by atoms with Crippen LogP contribution in [0.25, 0.3) is 5.57 Å². The highest BCUT2D eigenvalue weighted by molar-refractivity contribution is 6.31. The molecule has 2 N–H and O–H groups in total. The van der Waals surface area contributed by atoms with Gasteiger partial charge in [-0.25, -0.2) is 4.39 Å². The second kappa shape index (κ2) is 7.04. The molecule has 2 unspecified atom stereocenters. The van der Waals surface area contributed by atoms with Crippen molar-refractivity contribution < 1.29 is 13.9 Å². The Morgan fingerprint density at radius 1 is 1.19 bits per heavy atom. The number of hydrogen-bond acceptors (Lipinski definition) is 4. The van der Waals surface area contributed by atoms with Crippen molar-refractivity contribution >= 4 is 28.5 Å². The highest BCUT2D eigenvalue weighted by atomic mass is 19.1. The molecule has 0 aromatic heterocycles. The molecule has 0 spiro atoms. The van der Waals surface area contributed by atoms with E-state index in [1.165, 1.54) is 6.07 Å². The van der Waals surface area contributed by atoms with Crippen molar-refractivity contribution in [1.29, 1.82) is 0 Å². The maximum absolute atomic E-state index is 14.7. The highest BCUT2D eigenvalue weighted by Gasteiger charge is 2.25. The van der Waals surface area contributed by atoms with E-state index in [1.54, 1.807) is 12.3 Å². The summed E-state index contributed by atoms with van der Waals surface area (Å²) in [6, 6.07) is 12.5. The molecule has 140 valence electrons. The smallest absolute Gasteiger partial charge is 0.257 e. The van der Waals surface area contributed by atoms with Crippen LogP contribution in [0.2, 0.25) is 0 Å². The number of carbonyl (C=O) groups excluding carboxylic acids is 1. The molecule has 2 aromatic carbocycles. The number of ether oxygens (including phenoxy) is 1. The van der Waals surface area contributed by atoms with Gasteiger partial charge >= 0.3 is 0 Å². The number of rotatable bonds is 3. The second-order valence-electron chi connectivity index (χ2n) is 7.03. The van der Waals surface area contributed by atoms with E-state index in [4.69, 9.17) is 4.74 Å². The lowest BCUT2D eigenvalue weighted by molar-refractivity contribution is -0.110. The normalized spacial score (nSPS) is 23.3. The molecular formula is C21H22FN3O2. The van der Waals surface area contributed by atoms with Crippen molar-refractivity contribution in [3.8, 4) is 0 Å². The Bertz CT molecular complexity index is 902. The lowest BCUT2D eigenvalue weighted by atomic mass is 10.1. The van der Waals surface area contributed by atoms with Crippen LogP contribution in [0.5, 0.6) is 0 Å². The second-order valence-corrected chi connectivity index (χ2v) is 7.03. The van der Waals surface area contributed by atoms with Gasteiger partial charge in [0.05, 0.1) is 23.5 Å². The van der Waals surface area contributed by atoms with E-state index in [9.17, 15) is 9.18 Å². The predicted octanol–water partition coefficient (Wildman–Crippen LogP) is 3.84. The van der Waals surface area contributed by atoms with Crippen LogP contribution in [0.3, 0.4) is 0 Å². The fourth-order valence-corrected chi connectivity index (χ4v) is 3.67. The van der Waals surface area contributed by atoms with Crippen molar-refractivity contribution in [1.82, 2.24) is 0 Å². The van der Waals surface area contributed by atoms with Gasteiger partial charge in [-0.05, 0) is 38.1 Å². The molecular weight excluding hydrogens is 345 g/mol. The lowest BCUT2D eigenvalue weighted by Crippen LogP contribution is -2.45. The van der Waals surface area contributed by atoms with Crippen LogP contribution in [0.15, 0.2) is 48.7 Å². The zero-order valence-corrected chi connectivity index (χ0v) is 15.3. The Balaban J connectivity index is 1.53. The molecule has 0 radical (unpaired) electrons. The first-order valence-corrected chi connectivity index (χ1v) is 9.08. The summed E-state index contributed by atoms with van der Waals surface area (Å²) in [4.78, 5) is 14.1. The summed E-state index contributed by atoms with van der Waals surface area (Å²) >= 11 is 0. The summed E-state index contributed by atoms with van der Waals surface area (Å²) in [7, 11) is 0. The van der Waals surface area contributed by atoms with E-state index in [0.717, 1.165) is 11.3 Å². The first-order valence-electron chi connectivity index (χ1n) is 9.08. The molecule has 1 saturated heterocycles. The number of nitrogens with zero attached hydrogens (tertiary/aromatic N) is 1. The van der Waals surface area contributed by atoms with Gasteiger partial charge in [-0.15, -0.1) is 0 Å². The van der Waals surface area contributed by atoms with E-state index in [1.807, 2.05) is 49.1 Å². The van der Waals surface area contributed by atoms with Gasteiger partial charge in [-0.2, -0.15) is 0 Å². The average Bonchev–Trinajstić information content (AvgIpc) is 2.94. The van der Waals surface area contributed by atoms with Crippen molar-refractivity contribution in [3.05, 3.63) is 60.0 Å². The summed E-state index contributed by atoms with van der Waals surface area (Å²) in [6.45, 7) is 5.31. The molecule has 0 aliphatic carbocycles. The number of carbonyl (C=O) groups is 1. The van der Waals surface area contributed by atoms with Crippen LogP contribution in [-0.4, -0.2) is 31.2 Å². The van der Waals surface area contributed by atoms with Gasteiger partial charge in [-0.1, -0.05) is 18.2 Å². The predicted molar refractivity (Wildman–Crippen MR) is 105 cm³/mol. The number of para-hydroxylation sites is 1. The molecule has 0 saturated carbocycles. The molecule has 0 bridgehead atoms. The summed E-state index contributed by atoms with van der Waals surface area (Å²) in [6.07, 6.45) is 1.75. The van der Waals surface area contributed by atoms with E-state index in [0.29, 0.717) is 30.0 Å². The van der Waals surface area contributed by atoms with E-state index >= 15 is 0 Å². The molecule has 2 atom stereocenters. The number of amides is 1. The van der Waals surface area contributed by atoms with Crippen molar-refractivity contribution in [2.45, 2.75) is 26.1 Å². The molecule has 2 aliphatic rings. The zero-order valence-electron chi connectivity index (χ0n) is 15.3. The van der Waals surface area contributed by atoms with E-state index in [-0.39, 0.29) is 23.9 Å². The third-order valence-electron chi connectivity index (χ3n) is 4.80. The Kier molecular flexibility index (Phi) is 4.58. The summed E-state index contributed by atoms with van der Waals surface area (Å²) < 4.78 is 20.4. The molecule has 6 heteroatoms. The number of halogens is 1. The Morgan fingerprint density at radius 3 is 2.67 bits per heavy atom. The maximum atomic E-state index is 14.7. The van der Waals surface area contributed by atoms with Gasteiger partial charge < -0.3 is 20.3 Å². The van der Waals surface area contributed by atoms with Gasteiger partial charge in [-0.3, -0.25) is 4.79 Å². The number of morpholine rings is 1. The first kappa shape index (κ1) is 17.5. The van der Waals surface area contributed by atoms with Crippen molar-refractivity contribution in [2.24, 2.45) is 0 Å². The van der Waals surface area contributed by atoms with Crippen LogP contribution in [0.1, 0.15) is 19.4 Å². The van der Waals surface area contributed by atoms with Crippen molar-refractivity contribution in [2.75, 3.05) is 28.6 Å². The lowest BCUT2D eigenvalue weighted by Gasteiger charge is -2.37. The summed E-state index contributed by atoms with van der Waals surface area (Å²) in [5, 5.41) is 5.86. The first-order chi connectivity index (χ1) is 13.0. The van der Waals surface area contributed by atoms with Gasteiger partial charge in [0.1, 0.15) is 5.82 Å². The molecule has 2 heterocycles. The van der Waals surface area contributed by atoms with Crippen LogP contribution in [0, 0.1) is 5.82 Å². The highest BCUT2D eigenvalue weighted by Crippen LogP contribution is 2.31. The van der Waals surface area contributed by atoms with Gasteiger partial charge in [0, 0.05) is 36.2 Å². The van der Waals surface area contributed by atoms with E-state index < -0.39 is 0 Å². The topological polar surface area (TPSA) is 53.6 Å². The fraction of sp³-hybridized carbons (Fsp3) is 0.286. The number of fused-ring (bicyclic) bond motifs is 1. The standard InChI is InChI=1S/C21H22FN3O2/c1-13-11-25(12-14(2)27-13)20-8-7-15(9-18(20)22)23-10-17-16-5-3-4-6-19(16)24-21(17)26/h3-10,13-14,23H,11-12H2,1-2H3,(H,24,26). The number of hydrogen-bond donors (Lipinski definition) is 2. The largest absolute Gasteiger partial charge is 0.372 e. The average molecular weight is 367 g/mol. The van der Waals surface area contributed by atoms with Crippen LogP contribution < -0.4 is 15.5 Å². The Labute approximate surface area is 157 Å². The molecule has 1 amide bonds. The minimum atomic E-state index is -0.295. The molecule has 27 heavy (non-hydrogen) atoms. The van der Waals surface area contributed by atoms with Crippen LogP contribution >= 0.6 is 0 Å². The van der Waals surface area contributed by atoms with Gasteiger partial charge in [0.2, 0.25) is 0 Å². The van der Waals surface area contributed by atoms with Crippen LogP contribution in [-0.2, 0) is 9.53 Å². The van der Waals surface area contributed by atoms with Crippen LogP contribution in [0.4, 0.5) is 21.5 Å². The third kappa shape index (κ3) is 3.53. The minimum Gasteiger partial charge on any atom is -0.372 e. The number of nitrogens with one attached hydrogen (secondary N) is 2. The fourth-order valence-electron chi connectivity index (χ4n) is 3.67. The zero-order chi connectivity index (χ0) is 19.0. The van der Waals surface area contributed by atoms with E-state index in [2.05, 4.69) is 10.6 Å². The Hall–Kier alpha value is -2.86. The Morgan fingerprint density at radius 2 is 1.93 bits per heavy atom. The summed E-state index contributed by atoms with van der Waals surface area (Å²) in [5.41, 5.74) is 3.32. The molecule has 5 nitrogen and oxygen atoms in total. The minimum absolute atomic E-state index is 0.0663. The summed E-state index contributed by atoms with van der Waals surface area (Å²) in [5.74, 6) is -0.465. The van der Waals surface area contributed by atoms with Gasteiger partial charge in [0.15, 0.2) is 0 Å². The third-order valence-corrected chi connectivity index (χ3v) is 4.80. The number of anilines is 3. The van der Waals surface area contributed by atoms with Gasteiger partial charge in [0.25, 0.3) is 5.91 Å². The van der Waals surface area contributed by atoms with Crippen molar-refractivity contribution in [3.63, 3.8) is 0 Å². The molecule has 2 aliphatic heterocycles.